The predicted molar refractivity (Wildman–Crippen MR) is 83.6 cm³/mol. The maximum atomic E-state index is 11.5. The minimum Gasteiger partial charge on any atom is -0.493 e. The number of nitrogens with zero attached hydrogens (tertiary/aromatic N) is 1. The van der Waals surface area contributed by atoms with E-state index in [0.717, 1.165) is 44.7 Å². The molecule has 21 heavy (non-hydrogen) atoms. The second-order valence-electron chi connectivity index (χ2n) is 6.32. The van der Waals surface area contributed by atoms with Crippen molar-refractivity contribution in [2.24, 2.45) is 5.92 Å². The maximum Gasteiger partial charge on any atom is 0.150 e. The molecular formula is C16H23NO3S. The zero-order valence-electron chi connectivity index (χ0n) is 12.5. The molecule has 0 N–H and O–H groups in total. The Labute approximate surface area is 127 Å². The first-order valence-corrected chi connectivity index (χ1v) is 9.47. The number of fused-ring (bicyclic) bond motifs is 1. The smallest absolute Gasteiger partial charge is 0.150 e. The summed E-state index contributed by atoms with van der Waals surface area (Å²) in [7, 11) is -0.671. The summed E-state index contributed by atoms with van der Waals surface area (Å²) in [5.74, 6) is 2.08. The van der Waals surface area contributed by atoms with Crippen LogP contribution in [0.4, 0.5) is 0 Å². The predicted octanol–water partition coefficient (Wildman–Crippen LogP) is 1.53. The van der Waals surface area contributed by atoms with Crippen molar-refractivity contribution >= 4 is 9.84 Å². The molecule has 0 spiro atoms. The number of hydrogen-bond donors (Lipinski definition) is 0. The van der Waals surface area contributed by atoms with E-state index >= 15 is 0 Å². The monoisotopic (exact) mass is 309 g/mol. The van der Waals surface area contributed by atoms with Gasteiger partial charge in [0, 0.05) is 19.5 Å². The summed E-state index contributed by atoms with van der Waals surface area (Å²) in [5, 5.41) is 0. The van der Waals surface area contributed by atoms with Gasteiger partial charge in [-0.1, -0.05) is 12.1 Å². The first-order valence-electron chi connectivity index (χ1n) is 7.65. The van der Waals surface area contributed by atoms with Gasteiger partial charge in [-0.2, -0.15) is 0 Å². The number of sulfone groups is 1. The molecule has 1 aromatic rings. The molecule has 3 rings (SSSR count). The molecule has 116 valence electrons. The fourth-order valence-corrected chi connectivity index (χ4v) is 5.11. The van der Waals surface area contributed by atoms with Gasteiger partial charge >= 0.3 is 0 Å². The molecule has 0 bridgehead atoms. The van der Waals surface area contributed by atoms with Gasteiger partial charge < -0.3 is 9.64 Å². The number of hydrogen-bond acceptors (Lipinski definition) is 4. The molecule has 0 radical (unpaired) electrons. The van der Waals surface area contributed by atoms with Crippen LogP contribution in [0, 0.1) is 5.92 Å². The minimum absolute atomic E-state index is 0.313. The molecule has 4 nitrogen and oxygen atoms in total. The topological polar surface area (TPSA) is 46.6 Å². The Bertz CT molecular complexity index is 612. The number of rotatable bonds is 5. The summed E-state index contributed by atoms with van der Waals surface area (Å²) in [4.78, 5) is 2.26. The Hall–Kier alpha value is -1.07. The summed E-state index contributed by atoms with van der Waals surface area (Å²) in [6.45, 7) is 2.65. The Balaban J connectivity index is 1.49. The normalized spacial score (nSPS) is 23.2. The first kappa shape index (κ1) is 14.9. The van der Waals surface area contributed by atoms with Crippen molar-refractivity contribution in [3.63, 3.8) is 0 Å². The molecule has 2 aliphatic rings. The van der Waals surface area contributed by atoms with Crippen molar-refractivity contribution in [2.75, 3.05) is 38.2 Å². The van der Waals surface area contributed by atoms with Crippen LogP contribution in [-0.4, -0.2) is 51.6 Å². The average Bonchev–Trinajstić information content (AvgIpc) is 3.02. The van der Waals surface area contributed by atoms with Crippen molar-refractivity contribution < 1.29 is 13.2 Å². The molecule has 0 aliphatic carbocycles. The van der Waals surface area contributed by atoms with E-state index in [1.165, 1.54) is 11.1 Å². The van der Waals surface area contributed by atoms with Crippen LogP contribution in [0.1, 0.15) is 17.5 Å². The molecule has 0 saturated carbocycles. The highest BCUT2D eigenvalue weighted by Gasteiger charge is 2.28. The zero-order chi connectivity index (χ0) is 14.9. The molecule has 2 aliphatic heterocycles. The van der Waals surface area contributed by atoms with Gasteiger partial charge in [0.1, 0.15) is 5.75 Å². The molecule has 5 heteroatoms. The highest BCUT2D eigenvalue weighted by atomic mass is 32.2. The van der Waals surface area contributed by atoms with E-state index in [9.17, 15) is 8.42 Å². The molecule has 1 saturated heterocycles. The fourth-order valence-electron chi connectivity index (χ4n) is 3.26. The van der Waals surface area contributed by atoms with Gasteiger partial charge in [0.05, 0.1) is 18.1 Å². The summed E-state index contributed by atoms with van der Waals surface area (Å²) in [5.41, 5.74) is 2.65. The third-order valence-corrected chi connectivity index (χ3v) is 6.27. The highest BCUT2D eigenvalue weighted by Crippen LogP contribution is 2.26. The van der Waals surface area contributed by atoms with Crippen LogP contribution in [0.2, 0.25) is 0 Å². The van der Waals surface area contributed by atoms with Gasteiger partial charge in [-0.25, -0.2) is 8.42 Å². The van der Waals surface area contributed by atoms with E-state index < -0.39 is 9.84 Å². The van der Waals surface area contributed by atoms with Gasteiger partial charge in [-0.05, 0) is 43.0 Å². The largest absolute Gasteiger partial charge is 0.493 e. The summed E-state index contributed by atoms with van der Waals surface area (Å²) < 4.78 is 28.5. The van der Waals surface area contributed by atoms with Crippen molar-refractivity contribution in [3.8, 4) is 5.75 Å². The molecule has 0 aromatic heterocycles. The van der Waals surface area contributed by atoms with Crippen LogP contribution in [0.3, 0.4) is 0 Å². The summed E-state index contributed by atoms with van der Waals surface area (Å²) in [6.07, 6.45) is 2.84. The number of likely N-dealkylation sites (N-methyl/N-ethyl adjacent to an activating group) is 1. The SMILES string of the molecule is CN(CCc1ccc2c(c1)CCO2)C[C@@H]1CCS(=O)(=O)C1. The number of ether oxygens (including phenoxy) is 1. The first-order chi connectivity index (χ1) is 10.0. The quantitative estimate of drug-likeness (QED) is 0.827. The van der Waals surface area contributed by atoms with Gasteiger partial charge in [-0.15, -0.1) is 0 Å². The standard InChI is InChI=1S/C16H23NO3S/c1-17(11-14-6-9-21(18,19)12-14)7-4-13-2-3-16-15(10-13)5-8-20-16/h2-3,10,14H,4-9,11-12H2,1H3/t14-/m0/s1. The van der Waals surface area contributed by atoms with E-state index in [-0.39, 0.29) is 0 Å². The van der Waals surface area contributed by atoms with Crippen LogP contribution >= 0.6 is 0 Å². The average molecular weight is 309 g/mol. The Kier molecular flexibility index (Phi) is 4.22. The molecule has 1 fully saturated rings. The van der Waals surface area contributed by atoms with E-state index in [0.29, 0.717) is 17.4 Å². The van der Waals surface area contributed by atoms with Crippen molar-refractivity contribution in [1.29, 1.82) is 0 Å². The number of benzene rings is 1. The zero-order valence-corrected chi connectivity index (χ0v) is 13.4. The van der Waals surface area contributed by atoms with Crippen LogP contribution < -0.4 is 4.74 Å². The summed E-state index contributed by atoms with van der Waals surface area (Å²) >= 11 is 0. The Morgan fingerprint density at radius 2 is 2.24 bits per heavy atom. The van der Waals surface area contributed by atoms with E-state index in [1.54, 1.807) is 0 Å². The minimum atomic E-state index is -2.76. The van der Waals surface area contributed by atoms with Gasteiger partial charge in [0.15, 0.2) is 9.84 Å². The van der Waals surface area contributed by atoms with E-state index in [4.69, 9.17) is 4.74 Å². The lowest BCUT2D eigenvalue weighted by Crippen LogP contribution is -2.28. The van der Waals surface area contributed by atoms with Crippen molar-refractivity contribution in [1.82, 2.24) is 4.90 Å². The molecule has 2 heterocycles. The molecular weight excluding hydrogens is 286 g/mol. The second kappa shape index (κ2) is 5.97. The van der Waals surface area contributed by atoms with Crippen molar-refractivity contribution in [3.05, 3.63) is 29.3 Å². The van der Waals surface area contributed by atoms with Crippen LogP contribution in [0.25, 0.3) is 0 Å². The third-order valence-electron chi connectivity index (χ3n) is 4.43. The van der Waals surface area contributed by atoms with Gasteiger partial charge in [0.25, 0.3) is 0 Å². The highest BCUT2D eigenvalue weighted by molar-refractivity contribution is 7.91. The van der Waals surface area contributed by atoms with Crippen LogP contribution in [0.15, 0.2) is 18.2 Å². The van der Waals surface area contributed by atoms with Crippen LogP contribution in [-0.2, 0) is 22.7 Å². The molecule has 1 atom stereocenters. The Morgan fingerprint density at radius 1 is 1.38 bits per heavy atom. The fraction of sp³-hybridized carbons (Fsp3) is 0.625. The third kappa shape index (κ3) is 3.77. The van der Waals surface area contributed by atoms with E-state index in [1.807, 2.05) is 0 Å². The van der Waals surface area contributed by atoms with E-state index in [2.05, 4.69) is 30.1 Å². The molecule has 1 aromatic carbocycles. The molecule has 0 unspecified atom stereocenters. The van der Waals surface area contributed by atoms with Crippen LogP contribution in [0.5, 0.6) is 5.75 Å². The van der Waals surface area contributed by atoms with Crippen molar-refractivity contribution in [2.45, 2.75) is 19.3 Å². The second-order valence-corrected chi connectivity index (χ2v) is 8.55. The lowest BCUT2D eigenvalue weighted by atomic mass is 10.1. The van der Waals surface area contributed by atoms with Gasteiger partial charge in [0.2, 0.25) is 0 Å². The lowest BCUT2D eigenvalue weighted by Gasteiger charge is -2.20. The maximum absolute atomic E-state index is 11.5. The molecule has 0 amide bonds. The van der Waals surface area contributed by atoms with Gasteiger partial charge in [-0.3, -0.25) is 0 Å². The lowest BCUT2D eigenvalue weighted by molar-refractivity contribution is 0.292. The Morgan fingerprint density at radius 3 is 3.00 bits per heavy atom. The summed E-state index contributed by atoms with van der Waals surface area (Å²) in [6, 6.07) is 6.45.